The molecular weight excluding hydrogens is 369 g/mol. The van der Waals surface area contributed by atoms with Gasteiger partial charge in [0, 0.05) is 29.4 Å². The van der Waals surface area contributed by atoms with E-state index in [0.29, 0.717) is 28.4 Å². The van der Waals surface area contributed by atoms with Crippen molar-refractivity contribution in [1.29, 1.82) is 0 Å². The lowest BCUT2D eigenvalue weighted by atomic mass is 10.0. The maximum Gasteiger partial charge on any atom is 0.354 e. The Hall–Kier alpha value is -3.25. The zero-order valence-corrected chi connectivity index (χ0v) is 14.7. The van der Waals surface area contributed by atoms with Gasteiger partial charge in [-0.1, -0.05) is 29.8 Å². The minimum absolute atomic E-state index is 0.0422. The van der Waals surface area contributed by atoms with Crippen molar-refractivity contribution in [2.24, 2.45) is 0 Å². The van der Waals surface area contributed by atoms with Crippen LogP contribution in [0.25, 0.3) is 16.8 Å². The average Bonchev–Trinajstić information content (AvgIpc) is 2.99. The molecule has 3 aromatic heterocycles. The van der Waals surface area contributed by atoms with Crippen LogP contribution in [0.5, 0.6) is 0 Å². The molecule has 0 bridgehead atoms. The molecule has 1 N–H and O–H groups in total. The first kappa shape index (κ1) is 17.2. The highest BCUT2D eigenvalue weighted by Crippen LogP contribution is 2.30. The molecule has 0 saturated heterocycles. The number of fused-ring (bicyclic) bond motifs is 1. The van der Waals surface area contributed by atoms with Gasteiger partial charge in [-0.2, -0.15) is 5.10 Å². The highest BCUT2D eigenvalue weighted by atomic mass is 35.5. The van der Waals surface area contributed by atoms with E-state index in [2.05, 4.69) is 10.1 Å². The van der Waals surface area contributed by atoms with Crippen molar-refractivity contribution in [2.75, 3.05) is 0 Å². The van der Waals surface area contributed by atoms with Gasteiger partial charge >= 0.3 is 5.97 Å². The summed E-state index contributed by atoms with van der Waals surface area (Å²) in [5.41, 5.74) is 2.84. The standard InChI is InChI=1S/C20H13ClFN3O2/c21-12-8-9-18-15(10-13-4-3-7-17(23-13)20(26)27)19(24-25(18)11-12)14-5-1-2-6-16(14)22/h1-9,11H,10H2,(H,26,27). The average molecular weight is 382 g/mol. The van der Waals surface area contributed by atoms with E-state index in [1.807, 2.05) is 0 Å². The predicted octanol–water partition coefficient (Wildman–Crippen LogP) is 4.48. The third kappa shape index (κ3) is 3.27. The summed E-state index contributed by atoms with van der Waals surface area (Å²) in [4.78, 5) is 15.4. The molecule has 3 heterocycles. The fourth-order valence-electron chi connectivity index (χ4n) is 3.00. The fourth-order valence-corrected chi connectivity index (χ4v) is 3.15. The van der Waals surface area contributed by atoms with E-state index < -0.39 is 5.97 Å². The molecule has 0 saturated carbocycles. The van der Waals surface area contributed by atoms with E-state index in [1.165, 1.54) is 12.1 Å². The minimum Gasteiger partial charge on any atom is -0.477 e. The van der Waals surface area contributed by atoms with Gasteiger partial charge in [-0.05, 0) is 36.4 Å². The minimum atomic E-state index is -1.10. The molecule has 7 heteroatoms. The van der Waals surface area contributed by atoms with Crippen LogP contribution in [0.15, 0.2) is 60.8 Å². The lowest BCUT2D eigenvalue weighted by molar-refractivity contribution is 0.0690. The third-order valence-electron chi connectivity index (χ3n) is 4.21. The Kier molecular flexibility index (Phi) is 4.33. The van der Waals surface area contributed by atoms with Crippen molar-refractivity contribution in [1.82, 2.24) is 14.6 Å². The second kappa shape index (κ2) is 6.81. The Morgan fingerprint density at radius 2 is 1.93 bits per heavy atom. The molecule has 0 atom stereocenters. The summed E-state index contributed by atoms with van der Waals surface area (Å²) in [7, 11) is 0. The molecule has 0 aliphatic heterocycles. The smallest absolute Gasteiger partial charge is 0.354 e. The van der Waals surface area contributed by atoms with Crippen molar-refractivity contribution >= 4 is 23.1 Å². The van der Waals surface area contributed by atoms with Gasteiger partial charge in [-0.25, -0.2) is 18.7 Å². The number of hydrogen-bond acceptors (Lipinski definition) is 3. The number of benzene rings is 1. The molecule has 0 aliphatic rings. The number of carboxylic acid groups (broad SMARTS) is 1. The van der Waals surface area contributed by atoms with Crippen molar-refractivity contribution in [3.63, 3.8) is 0 Å². The molecule has 134 valence electrons. The predicted molar refractivity (Wildman–Crippen MR) is 99.6 cm³/mol. The molecule has 0 radical (unpaired) electrons. The Bertz CT molecular complexity index is 1170. The molecule has 0 amide bonds. The normalized spacial score (nSPS) is 11.0. The summed E-state index contributed by atoms with van der Waals surface area (Å²) in [6, 6.07) is 14.7. The molecule has 4 aromatic rings. The van der Waals surface area contributed by atoms with E-state index in [9.17, 15) is 9.18 Å². The molecule has 0 aliphatic carbocycles. The number of halogens is 2. The van der Waals surface area contributed by atoms with Gasteiger partial charge in [0.2, 0.25) is 0 Å². The molecule has 0 spiro atoms. The van der Waals surface area contributed by atoms with Gasteiger partial charge in [0.1, 0.15) is 11.5 Å². The van der Waals surface area contributed by atoms with E-state index in [1.54, 1.807) is 53.2 Å². The number of pyridine rings is 2. The van der Waals surface area contributed by atoms with Crippen LogP contribution in [0.1, 0.15) is 21.7 Å². The van der Waals surface area contributed by atoms with E-state index in [0.717, 1.165) is 11.1 Å². The van der Waals surface area contributed by atoms with Crippen LogP contribution >= 0.6 is 11.6 Å². The van der Waals surface area contributed by atoms with Gasteiger partial charge in [-0.3, -0.25) is 0 Å². The van der Waals surface area contributed by atoms with Gasteiger partial charge < -0.3 is 5.11 Å². The summed E-state index contributed by atoms with van der Waals surface area (Å²) in [6.45, 7) is 0. The van der Waals surface area contributed by atoms with E-state index in [-0.39, 0.29) is 11.5 Å². The maximum atomic E-state index is 14.4. The van der Waals surface area contributed by atoms with Crippen LogP contribution in [0.2, 0.25) is 5.02 Å². The summed E-state index contributed by atoms with van der Waals surface area (Å²) in [6.07, 6.45) is 1.95. The first-order valence-electron chi connectivity index (χ1n) is 8.14. The molecule has 27 heavy (non-hydrogen) atoms. The van der Waals surface area contributed by atoms with Crippen LogP contribution in [-0.4, -0.2) is 25.7 Å². The van der Waals surface area contributed by atoms with Gasteiger partial charge in [0.15, 0.2) is 0 Å². The van der Waals surface area contributed by atoms with Gasteiger partial charge in [-0.15, -0.1) is 0 Å². The number of aromatic nitrogens is 3. The van der Waals surface area contributed by atoms with Crippen molar-refractivity contribution < 1.29 is 14.3 Å². The Morgan fingerprint density at radius 1 is 1.11 bits per heavy atom. The van der Waals surface area contributed by atoms with Crippen LogP contribution < -0.4 is 0 Å². The Balaban J connectivity index is 1.90. The molecule has 0 unspecified atom stereocenters. The highest BCUT2D eigenvalue weighted by molar-refractivity contribution is 6.30. The number of aromatic carboxylic acids is 1. The highest BCUT2D eigenvalue weighted by Gasteiger charge is 2.18. The van der Waals surface area contributed by atoms with E-state index in [4.69, 9.17) is 16.7 Å². The van der Waals surface area contributed by atoms with Crippen molar-refractivity contribution in [3.05, 3.63) is 88.6 Å². The number of carbonyl (C=O) groups is 1. The summed E-state index contributed by atoms with van der Waals surface area (Å²) in [5, 5.41) is 14.2. The Morgan fingerprint density at radius 3 is 2.70 bits per heavy atom. The summed E-state index contributed by atoms with van der Waals surface area (Å²) in [5.74, 6) is -1.49. The summed E-state index contributed by atoms with van der Waals surface area (Å²) >= 11 is 6.06. The lowest BCUT2D eigenvalue weighted by Crippen LogP contribution is -2.03. The maximum absolute atomic E-state index is 14.4. The fraction of sp³-hybridized carbons (Fsp3) is 0.0500. The third-order valence-corrected chi connectivity index (χ3v) is 4.43. The quantitative estimate of drug-likeness (QED) is 0.566. The number of nitrogens with zero attached hydrogens (tertiary/aromatic N) is 3. The van der Waals surface area contributed by atoms with Crippen LogP contribution in [0, 0.1) is 5.82 Å². The second-order valence-corrected chi connectivity index (χ2v) is 6.42. The summed E-state index contributed by atoms with van der Waals surface area (Å²) < 4.78 is 16.0. The second-order valence-electron chi connectivity index (χ2n) is 5.98. The molecule has 1 aromatic carbocycles. The van der Waals surface area contributed by atoms with Crippen molar-refractivity contribution in [2.45, 2.75) is 6.42 Å². The van der Waals surface area contributed by atoms with Crippen LogP contribution in [0.3, 0.4) is 0 Å². The number of carboxylic acids is 1. The molecular formula is C20H13ClFN3O2. The van der Waals surface area contributed by atoms with Crippen LogP contribution in [0.4, 0.5) is 4.39 Å². The zero-order valence-electron chi connectivity index (χ0n) is 13.9. The van der Waals surface area contributed by atoms with Gasteiger partial charge in [0.05, 0.1) is 16.2 Å². The molecule has 4 rings (SSSR count). The Labute approximate surface area is 158 Å². The topological polar surface area (TPSA) is 67.5 Å². The van der Waals surface area contributed by atoms with E-state index >= 15 is 0 Å². The largest absolute Gasteiger partial charge is 0.477 e. The lowest BCUT2D eigenvalue weighted by Gasteiger charge is -2.05. The van der Waals surface area contributed by atoms with Crippen molar-refractivity contribution in [3.8, 4) is 11.3 Å². The number of rotatable bonds is 4. The first-order chi connectivity index (χ1) is 13.0. The SMILES string of the molecule is O=C(O)c1cccc(Cc2c(-c3ccccc3F)nn3cc(Cl)ccc23)n1. The first-order valence-corrected chi connectivity index (χ1v) is 8.51. The molecule has 5 nitrogen and oxygen atoms in total. The number of hydrogen-bond donors (Lipinski definition) is 1. The van der Waals surface area contributed by atoms with Gasteiger partial charge in [0.25, 0.3) is 0 Å². The zero-order chi connectivity index (χ0) is 19.0. The monoisotopic (exact) mass is 381 g/mol. The molecule has 0 fully saturated rings. The van der Waals surface area contributed by atoms with Crippen LogP contribution in [-0.2, 0) is 6.42 Å².